The molecule has 0 nitrogen and oxygen atoms in total. The highest BCUT2D eigenvalue weighted by Gasteiger charge is 2.12. The first kappa shape index (κ1) is 14.3. The standard InChI is InChI=1S/C12H5Br5/c13-6-1-2-9(15)8(3-6)12-10(16)4-7(14)5-11(12)17/h1-5H. The first-order chi connectivity index (χ1) is 7.99. The molecule has 0 aliphatic rings. The molecule has 0 heterocycles. The molecule has 2 aromatic rings. The Labute approximate surface area is 142 Å². The van der Waals surface area contributed by atoms with Crippen molar-refractivity contribution in [2.24, 2.45) is 0 Å². The van der Waals surface area contributed by atoms with Crippen molar-refractivity contribution in [3.63, 3.8) is 0 Å². The minimum absolute atomic E-state index is 1.03. The molecule has 0 amide bonds. The van der Waals surface area contributed by atoms with E-state index in [0.29, 0.717) is 0 Å². The molecule has 88 valence electrons. The molecule has 0 saturated heterocycles. The summed E-state index contributed by atoms with van der Waals surface area (Å²) in [7, 11) is 0. The summed E-state index contributed by atoms with van der Waals surface area (Å²) < 4.78 is 5.23. The molecule has 17 heavy (non-hydrogen) atoms. The molecule has 0 fully saturated rings. The monoisotopic (exact) mass is 544 g/mol. The van der Waals surface area contributed by atoms with Crippen LogP contribution in [-0.2, 0) is 0 Å². The van der Waals surface area contributed by atoms with Gasteiger partial charge in [0.15, 0.2) is 0 Å². The smallest absolute Gasteiger partial charge is 0.0276 e. The van der Waals surface area contributed by atoms with Gasteiger partial charge in [0.25, 0.3) is 0 Å². The molecule has 0 spiro atoms. The van der Waals surface area contributed by atoms with Crippen molar-refractivity contribution in [2.45, 2.75) is 0 Å². The Kier molecular flexibility index (Phi) is 4.92. The highest BCUT2D eigenvalue weighted by atomic mass is 79.9. The average Bonchev–Trinajstić information content (AvgIpc) is 2.21. The molecule has 0 bridgehead atoms. The Balaban J connectivity index is 2.72. The summed E-state index contributed by atoms with van der Waals surface area (Å²) in [5, 5.41) is 0. The van der Waals surface area contributed by atoms with Crippen LogP contribution in [0, 0.1) is 0 Å². The number of hydrogen-bond acceptors (Lipinski definition) is 0. The summed E-state index contributed by atoms with van der Waals surface area (Å²) in [4.78, 5) is 0. The summed E-state index contributed by atoms with van der Waals surface area (Å²) >= 11 is 17.7. The van der Waals surface area contributed by atoms with Crippen molar-refractivity contribution in [1.82, 2.24) is 0 Å². The third-order valence-electron chi connectivity index (χ3n) is 2.20. The Morgan fingerprint density at radius 3 is 1.76 bits per heavy atom. The van der Waals surface area contributed by atoms with E-state index in [1.807, 2.05) is 24.3 Å². The highest BCUT2D eigenvalue weighted by Crippen LogP contribution is 2.41. The van der Waals surface area contributed by atoms with E-state index in [1.165, 1.54) is 0 Å². The Bertz CT molecular complexity index is 554. The van der Waals surface area contributed by atoms with Crippen molar-refractivity contribution in [2.75, 3.05) is 0 Å². The Hall–Kier alpha value is 0.840. The first-order valence-corrected chi connectivity index (χ1v) is 8.55. The SMILES string of the molecule is Brc1cc(Br)c(-c2cc(Br)ccc2Br)c(Br)c1. The van der Waals surface area contributed by atoms with Crippen LogP contribution in [0.1, 0.15) is 0 Å². The molecule has 0 aliphatic heterocycles. The van der Waals surface area contributed by atoms with Crippen molar-refractivity contribution < 1.29 is 0 Å². The average molecular weight is 549 g/mol. The van der Waals surface area contributed by atoms with E-state index in [2.05, 4.69) is 85.7 Å². The van der Waals surface area contributed by atoms with E-state index in [4.69, 9.17) is 0 Å². The van der Waals surface area contributed by atoms with E-state index in [1.54, 1.807) is 0 Å². The third kappa shape index (κ3) is 3.24. The van der Waals surface area contributed by atoms with E-state index in [-0.39, 0.29) is 0 Å². The number of halogens is 5. The van der Waals surface area contributed by atoms with Crippen LogP contribution in [-0.4, -0.2) is 0 Å². The van der Waals surface area contributed by atoms with E-state index < -0.39 is 0 Å². The maximum Gasteiger partial charge on any atom is 0.0276 e. The molecule has 0 aromatic heterocycles. The second-order valence-corrected chi connectivity index (χ2v) is 7.76. The Morgan fingerprint density at radius 1 is 0.588 bits per heavy atom. The summed E-state index contributed by atoms with van der Waals surface area (Å²) in [5.41, 5.74) is 2.26. The molecule has 2 rings (SSSR count). The van der Waals surface area contributed by atoms with E-state index >= 15 is 0 Å². The lowest BCUT2D eigenvalue weighted by Crippen LogP contribution is -1.85. The second kappa shape index (κ2) is 5.87. The topological polar surface area (TPSA) is 0 Å². The summed E-state index contributed by atoms with van der Waals surface area (Å²) in [6.45, 7) is 0. The fourth-order valence-electron chi connectivity index (χ4n) is 1.49. The predicted octanol–water partition coefficient (Wildman–Crippen LogP) is 7.17. The van der Waals surface area contributed by atoms with Gasteiger partial charge >= 0.3 is 0 Å². The molecular formula is C12H5Br5. The van der Waals surface area contributed by atoms with Crippen LogP contribution in [0.25, 0.3) is 11.1 Å². The van der Waals surface area contributed by atoms with E-state index in [0.717, 1.165) is 33.5 Å². The normalized spacial score (nSPS) is 10.6. The van der Waals surface area contributed by atoms with Gasteiger partial charge in [-0.1, -0.05) is 79.6 Å². The number of rotatable bonds is 1. The van der Waals surface area contributed by atoms with E-state index in [9.17, 15) is 0 Å². The van der Waals surface area contributed by atoms with Crippen LogP contribution >= 0.6 is 79.6 Å². The Morgan fingerprint density at radius 2 is 1.18 bits per heavy atom. The molecule has 0 atom stereocenters. The van der Waals surface area contributed by atoms with Gasteiger partial charge in [0, 0.05) is 27.9 Å². The second-order valence-electron chi connectivity index (χ2n) is 3.37. The maximum absolute atomic E-state index is 3.60. The zero-order chi connectivity index (χ0) is 12.6. The zero-order valence-corrected chi connectivity index (χ0v) is 16.2. The lowest BCUT2D eigenvalue weighted by molar-refractivity contribution is 1.49. The molecule has 0 saturated carbocycles. The zero-order valence-electron chi connectivity index (χ0n) is 8.28. The van der Waals surface area contributed by atoms with Crippen LogP contribution in [0.5, 0.6) is 0 Å². The predicted molar refractivity (Wildman–Crippen MR) is 90.4 cm³/mol. The molecule has 0 aliphatic carbocycles. The minimum Gasteiger partial charge on any atom is -0.0508 e. The molecule has 2 aromatic carbocycles. The van der Waals surface area contributed by atoms with Crippen molar-refractivity contribution >= 4 is 79.6 Å². The summed E-state index contributed by atoms with van der Waals surface area (Å²) in [6.07, 6.45) is 0. The summed E-state index contributed by atoms with van der Waals surface area (Å²) in [5.74, 6) is 0. The van der Waals surface area contributed by atoms with Gasteiger partial charge < -0.3 is 0 Å². The van der Waals surface area contributed by atoms with Gasteiger partial charge in [-0.05, 0) is 35.9 Å². The van der Waals surface area contributed by atoms with Crippen molar-refractivity contribution in [3.05, 3.63) is 52.7 Å². The van der Waals surface area contributed by atoms with Gasteiger partial charge in [-0.25, -0.2) is 0 Å². The lowest BCUT2D eigenvalue weighted by Gasteiger charge is -2.11. The van der Waals surface area contributed by atoms with Crippen molar-refractivity contribution in [1.29, 1.82) is 0 Å². The fraction of sp³-hybridized carbons (Fsp3) is 0. The first-order valence-electron chi connectivity index (χ1n) is 4.59. The van der Waals surface area contributed by atoms with Gasteiger partial charge in [-0.15, -0.1) is 0 Å². The van der Waals surface area contributed by atoms with Crippen LogP contribution in [0.4, 0.5) is 0 Å². The van der Waals surface area contributed by atoms with Crippen molar-refractivity contribution in [3.8, 4) is 11.1 Å². The van der Waals surface area contributed by atoms with Gasteiger partial charge in [0.1, 0.15) is 0 Å². The maximum atomic E-state index is 3.60. The quantitative estimate of drug-likeness (QED) is 0.355. The van der Waals surface area contributed by atoms with Gasteiger partial charge in [0.2, 0.25) is 0 Å². The third-order valence-corrected chi connectivity index (χ3v) is 5.10. The largest absolute Gasteiger partial charge is 0.0508 e. The van der Waals surface area contributed by atoms with Crippen LogP contribution in [0.2, 0.25) is 0 Å². The minimum atomic E-state index is 1.03. The fourth-order valence-corrected chi connectivity index (χ4v) is 4.98. The summed E-state index contributed by atoms with van der Waals surface area (Å²) in [6, 6.07) is 10.2. The highest BCUT2D eigenvalue weighted by molar-refractivity contribution is 9.12. The number of hydrogen-bond donors (Lipinski definition) is 0. The van der Waals surface area contributed by atoms with Crippen LogP contribution in [0.15, 0.2) is 52.7 Å². The molecule has 0 radical (unpaired) electrons. The molecule has 0 N–H and O–H groups in total. The van der Waals surface area contributed by atoms with Gasteiger partial charge in [-0.3, -0.25) is 0 Å². The van der Waals surface area contributed by atoms with Crippen LogP contribution in [0.3, 0.4) is 0 Å². The number of benzene rings is 2. The molecular weight excluding hydrogens is 544 g/mol. The van der Waals surface area contributed by atoms with Gasteiger partial charge in [0.05, 0.1) is 0 Å². The van der Waals surface area contributed by atoms with Crippen LogP contribution < -0.4 is 0 Å². The lowest BCUT2D eigenvalue weighted by atomic mass is 10.1. The molecule has 0 unspecified atom stereocenters. The van der Waals surface area contributed by atoms with Gasteiger partial charge in [-0.2, -0.15) is 0 Å². The molecule has 5 heteroatoms.